The van der Waals surface area contributed by atoms with Crippen LogP contribution in [0, 0.1) is 5.82 Å². The minimum Gasteiger partial charge on any atom is -0.379 e. The number of nitrogens with zero attached hydrogens (tertiary/aromatic N) is 2. The molecule has 0 unspecified atom stereocenters. The molecule has 114 valence electrons. The molecule has 0 aliphatic carbocycles. The van der Waals surface area contributed by atoms with Gasteiger partial charge in [-0.1, -0.05) is 6.07 Å². The van der Waals surface area contributed by atoms with E-state index < -0.39 is 0 Å². The molecule has 5 heteroatoms. The van der Waals surface area contributed by atoms with Crippen molar-refractivity contribution in [2.24, 2.45) is 0 Å². The molecule has 0 spiro atoms. The Morgan fingerprint density at radius 1 is 1.23 bits per heavy atom. The fraction of sp³-hybridized carbons (Fsp3) is 0.235. The van der Waals surface area contributed by atoms with Gasteiger partial charge < -0.3 is 15.2 Å². The third-order valence-corrected chi connectivity index (χ3v) is 3.55. The lowest BCUT2D eigenvalue weighted by Crippen LogP contribution is -2.11. The SMILES string of the molecule is CN(C)Cc1ccc(NCc2ccnc3[nH]ccc23)c(F)c1. The Bertz CT molecular complexity index is 779. The Balaban J connectivity index is 1.75. The zero-order valence-electron chi connectivity index (χ0n) is 12.7. The Morgan fingerprint density at radius 3 is 2.86 bits per heavy atom. The normalized spacial score (nSPS) is 11.3. The van der Waals surface area contributed by atoms with Gasteiger partial charge in [0, 0.05) is 30.9 Å². The topological polar surface area (TPSA) is 44.0 Å². The summed E-state index contributed by atoms with van der Waals surface area (Å²) < 4.78 is 14.2. The number of pyridine rings is 1. The predicted molar refractivity (Wildman–Crippen MR) is 87.2 cm³/mol. The first-order valence-electron chi connectivity index (χ1n) is 7.21. The summed E-state index contributed by atoms with van der Waals surface area (Å²) in [5.41, 5.74) is 3.41. The van der Waals surface area contributed by atoms with E-state index in [1.807, 2.05) is 43.4 Å². The Labute approximate surface area is 129 Å². The second-order valence-electron chi connectivity index (χ2n) is 5.62. The first-order chi connectivity index (χ1) is 10.6. The zero-order chi connectivity index (χ0) is 15.5. The van der Waals surface area contributed by atoms with Gasteiger partial charge in [0.05, 0.1) is 5.69 Å². The number of nitrogens with one attached hydrogen (secondary N) is 2. The number of fused-ring (bicyclic) bond motifs is 1. The molecule has 3 rings (SSSR count). The maximum Gasteiger partial charge on any atom is 0.146 e. The lowest BCUT2D eigenvalue weighted by atomic mass is 10.1. The highest BCUT2D eigenvalue weighted by atomic mass is 19.1. The van der Waals surface area contributed by atoms with Crippen LogP contribution in [0.15, 0.2) is 42.7 Å². The molecule has 2 aromatic heterocycles. The molecule has 4 nitrogen and oxygen atoms in total. The van der Waals surface area contributed by atoms with Crippen molar-refractivity contribution < 1.29 is 4.39 Å². The monoisotopic (exact) mass is 298 g/mol. The number of rotatable bonds is 5. The van der Waals surface area contributed by atoms with E-state index >= 15 is 0 Å². The van der Waals surface area contributed by atoms with Crippen LogP contribution in [0.3, 0.4) is 0 Å². The average molecular weight is 298 g/mol. The van der Waals surface area contributed by atoms with Crippen molar-refractivity contribution in [2.75, 3.05) is 19.4 Å². The summed E-state index contributed by atoms with van der Waals surface area (Å²) in [5.74, 6) is -0.223. The van der Waals surface area contributed by atoms with Gasteiger partial charge in [0.25, 0.3) is 0 Å². The molecule has 0 aliphatic heterocycles. The van der Waals surface area contributed by atoms with E-state index in [0.717, 1.165) is 28.7 Å². The molecule has 0 saturated heterocycles. The summed E-state index contributed by atoms with van der Waals surface area (Å²) in [6, 6.07) is 9.26. The molecule has 3 aromatic rings. The number of aromatic amines is 1. The molecule has 2 heterocycles. The number of anilines is 1. The van der Waals surface area contributed by atoms with Gasteiger partial charge in [-0.25, -0.2) is 9.37 Å². The van der Waals surface area contributed by atoms with Crippen molar-refractivity contribution in [1.82, 2.24) is 14.9 Å². The summed E-state index contributed by atoms with van der Waals surface area (Å²) in [4.78, 5) is 9.34. The second kappa shape index (κ2) is 6.15. The lowest BCUT2D eigenvalue weighted by molar-refractivity contribution is 0.401. The van der Waals surface area contributed by atoms with Crippen LogP contribution < -0.4 is 5.32 Å². The minimum atomic E-state index is -0.223. The highest BCUT2D eigenvalue weighted by molar-refractivity contribution is 5.79. The fourth-order valence-corrected chi connectivity index (χ4v) is 2.53. The van der Waals surface area contributed by atoms with Gasteiger partial charge >= 0.3 is 0 Å². The molecule has 0 radical (unpaired) electrons. The molecule has 0 amide bonds. The van der Waals surface area contributed by atoms with Gasteiger partial charge in [0.15, 0.2) is 0 Å². The zero-order valence-corrected chi connectivity index (χ0v) is 12.7. The highest BCUT2D eigenvalue weighted by Crippen LogP contribution is 2.20. The van der Waals surface area contributed by atoms with Crippen molar-refractivity contribution in [1.29, 1.82) is 0 Å². The maximum absolute atomic E-state index is 14.2. The third-order valence-electron chi connectivity index (χ3n) is 3.55. The number of hydrogen-bond donors (Lipinski definition) is 2. The van der Waals surface area contributed by atoms with E-state index in [9.17, 15) is 4.39 Å². The standard InChI is InChI=1S/C17H19FN4/c1-22(2)11-12-3-4-16(15(18)9-12)21-10-13-5-7-19-17-14(13)6-8-20-17/h3-9,21H,10-11H2,1-2H3,(H,19,20). The van der Waals surface area contributed by atoms with E-state index in [0.29, 0.717) is 12.2 Å². The number of halogens is 1. The van der Waals surface area contributed by atoms with Crippen LogP contribution in [0.2, 0.25) is 0 Å². The van der Waals surface area contributed by atoms with Crippen LogP contribution in [0.1, 0.15) is 11.1 Å². The number of hydrogen-bond acceptors (Lipinski definition) is 3. The van der Waals surface area contributed by atoms with Gasteiger partial charge in [-0.3, -0.25) is 0 Å². The largest absolute Gasteiger partial charge is 0.379 e. The van der Waals surface area contributed by atoms with E-state index in [2.05, 4.69) is 15.3 Å². The molecule has 0 fully saturated rings. The molecular weight excluding hydrogens is 279 g/mol. The molecule has 0 bridgehead atoms. The molecule has 0 aliphatic rings. The van der Waals surface area contributed by atoms with Crippen molar-refractivity contribution in [3.05, 3.63) is 59.7 Å². The van der Waals surface area contributed by atoms with Crippen LogP contribution in [0.25, 0.3) is 11.0 Å². The Kier molecular flexibility index (Phi) is 4.06. The van der Waals surface area contributed by atoms with E-state index in [1.54, 1.807) is 18.3 Å². The molecule has 0 saturated carbocycles. The van der Waals surface area contributed by atoms with Crippen LogP contribution in [-0.4, -0.2) is 29.0 Å². The first-order valence-corrected chi connectivity index (χ1v) is 7.21. The van der Waals surface area contributed by atoms with Gasteiger partial charge in [0.1, 0.15) is 11.5 Å². The van der Waals surface area contributed by atoms with Crippen molar-refractivity contribution in [3.8, 4) is 0 Å². The Hall–Kier alpha value is -2.40. The molecule has 2 N–H and O–H groups in total. The fourth-order valence-electron chi connectivity index (χ4n) is 2.53. The molecular formula is C17H19FN4. The van der Waals surface area contributed by atoms with Crippen molar-refractivity contribution in [2.45, 2.75) is 13.1 Å². The summed E-state index contributed by atoms with van der Waals surface area (Å²) in [5, 5.41) is 4.22. The second-order valence-corrected chi connectivity index (χ2v) is 5.62. The summed E-state index contributed by atoms with van der Waals surface area (Å²) in [6.45, 7) is 1.28. The summed E-state index contributed by atoms with van der Waals surface area (Å²) in [6.07, 6.45) is 3.62. The summed E-state index contributed by atoms with van der Waals surface area (Å²) >= 11 is 0. The van der Waals surface area contributed by atoms with E-state index in [1.165, 1.54) is 0 Å². The van der Waals surface area contributed by atoms with Gasteiger partial charge in [-0.15, -0.1) is 0 Å². The van der Waals surface area contributed by atoms with Gasteiger partial charge in [0.2, 0.25) is 0 Å². The molecule has 22 heavy (non-hydrogen) atoms. The van der Waals surface area contributed by atoms with Crippen molar-refractivity contribution in [3.63, 3.8) is 0 Å². The quantitative estimate of drug-likeness (QED) is 0.759. The summed E-state index contributed by atoms with van der Waals surface area (Å²) in [7, 11) is 3.94. The predicted octanol–water partition coefficient (Wildman–Crippen LogP) is 3.38. The van der Waals surface area contributed by atoms with Crippen LogP contribution in [0.4, 0.5) is 10.1 Å². The first kappa shape index (κ1) is 14.5. The van der Waals surface area contributed by atoms with Crippen LogP contribution in [-0.2, 0) is 13.1 Å². The average Bonchev–Trinajstić information content (AvgIpc) is 2.95. The van der Waals surface area contributed by atoms with Crippen molar-refractivity contribution >= 4 is 16.7 Å². The van der Waals surface area contributed by atoms with E-state index in [4.69, 9.17) is 0 Å². The molecule has 1 aromatic carbocycles. The highest BCUT2D eigenvalue weighted by Gasteiger charge is 2.06. The smallest absolute Gasteiger partial charge is 0.146 e. The number of H-pyrrole nitrogens is 1. The lowest BCUT2D eigenvalue weighted by Gasteiger charge is -2.12. The van der Waals surface area contributed by atoms with E-state index in [-0.39, 0.29) is 5.82 Å². The molecule has 0 atom stereocenters. The third kappa shape index (κ3) is 3.09. The van der Waals surface area contributed by atoms with Gasteiger partial charge in [-0.05, 0) is 49.5 Å². The Morgan fingerprint density at radius 2 is 2.09 bits per heavy atom. The maximum atomic E-state index is 14.2. The van der Waals surface area contributed by atoms with Crippen LogP contribution >= 0.6 is 0 Å². The number of aromatic nitrogens is 2. The van der Waals surface area contributed by atoms with Crippen LogP contribution in [0.5, 0.6) is 0 Å². The van der Waals surface area contributed by atoms with Gasteiger partial charge in [-0.2, -0.15) is 0 Å². The minimum absolute atomic E-state index is 0.223. The number of benzene rings is 1.